The lowest BCUT2D eigenvalue weighted by Crippen LogP contribution is -2.24. The minimum Gasteiger partial charge on any atom is -0.444 e. The number of cyclic esters (lactones) is 1. The van der Waals surface area contributed by atoms with Crippen LogP contribution >= 0.6 is 11.6 Å². The predicted octanol–water partition coefficient (Wildman–Crippen LogP) is 4.58. The van der Waals surface area contributed by atoms with Crippen LogP contribution in [0.15, 0.2) is 42.5 Å². The van der Waals surface area contributed by atoms with E-state index in [1.54, 1.807) is 19.1 Å². The average molecular weight is 320 g/mol. The fourth-order valence-electron chi connectivity index (χ4n) is 2.49. The van der Waals surface area contributed by atoms with Crippen molar-refractivity contribution in [1.29, 1.82) is 0 Å². The molecule has 2 aromatic rings. The molecule has 0 bridgehead atoms. The zero-order valence-electron chi connectivity index (χ0n) is 12.1. The Morgan fingerprint density at radius 1 is 1.27 bits per heavy atom. The Morgan fingerprint density at radius 3 is 2.55 bits per heavy atom. The lowest BCUT2D eigenvalue weighted by molar-refractivity contribution is 0.150. The molecule has 1 unspecified atom stereocenters. The quantitative estimate of drug-likeness (QED) is 0.775. The van der Waals surface area contributed by atoms with Crippen LogP contribution in [-0.4, -0.2) is 18.7 Å². The molecule has 1 aliphatic rings. The number of carbonyl (C=O) groups excluding carboxylic acids is 1. The van der Waals surface area contributed by atoms with Crippen LogP contribution < -0.4 is 4.90 Å². The smallest absolute Gasteiger partial charge is 0.414 e. The third kappa shape index (κ3) is 2.79. The highest BCUT2D eigenvalue weighted by Gasteiger charge is 2.29. The highest BCUT2D eigenvalue weighted by molar-refractivity contribution is 6.17. The van der Waals surface area contributed by atoms with E-state index >= 15 is 0 Å². The fourth-order valence-corrected chi connectivity index (χ4v) is 2.67. The summed E-state index contributed by atoms with van der Waals surface area (Å²) in [6.07, 6.45) is -0.621. The van der Waals surface area contributed by atoms with Crippen molar-refractivity contribution in [2.24, 2.45) is 0 Å². The molecular weight excluding hydrogens is 305 g/mol. The second kappa shape index (κ2) is 5.97. The van der Waals surface area contributed by atoms with Gasteiger partial charge < -0.3 is 4.74 Å². The molecule has 1 aliphatic heterocycles. The third-order valence-corrected chi connectivity index (χ3v) is 3.95. The number of anilines is 1. The maximum Gasteiger partial charge on any atom is 0.414 e. The van der Waals surface area contributed by atoms with Gasteiger partial charge in [0.1, 0.15) is 11.9 Å². The molecule has 3 nitrogen and oxygen atoms in total. The zero-order valence-corrected chi connectivity index (χ0v) is 12.8. The molecule has 1 heterocycles. The van der Waals surface area contributed by atoms with Crippen molar-refractivity contribution >= 4 is 23.4 Å². The van der Waals surface area contributed by atoms with Crippen LogP contribution in [0.2, 0.25) is 0 Å². The minimum absolute atomic E-state index is 0.182. The molecule has 1 atom stereocenters. The Balaban J connectivity index is 1.90. The SMILES string of the molecule is CC1CN(c2ccc(-c3ccc(CCl)cc3)c(F)c2)C(=O)O1. The van der Waals surface area contributed by atoms with E-state index in [0.29, 0.717) is 23.7 Å². The summed E-state index contributed by atoms with van der Waals surface area (Å²) in [5.41, 5.74) is 2.75. The van der Waals surface area contributed by atoms with Crippen molar-refractivity contribution in [3.63, 3.8) is 0 Å². The molecule has 1 fully saturated rings. The van der Waals surface area contributed by atoms with E-state index in [1.165, 1.54) is 11.0 Å². The van der Waals surface area contributed by atoms with Gasteiger partial charge in [0.15, 0.2) is 0 Å². The Hall–Kier alpha value is -2.07. The lowest BCUT2D eigenvalue weighted by Gasteiger charge is -2.14. The Kier molecular flexibility index (Phi) is 4.03. The first-order chi connectivity index (χ1) is 10.6. The van der Waals surface area contributed by atoms with E-state index in [4.69, 9.17) is 16.3 Å². The first-order valence-electron chi connectivity index (χ1n) is 7.01. The summed E-state index contributed by atoms with van der Waals surface area (Å²) >= 11 is 5.75. The van der Waals surface area contributed by atoms with E-state index < -0.39 is 6.09 Å². The number of nitrogens with zero attached hydrogens (tertiary/aromatic N) is 1. The summed E-state index contributed by atoms with van der Waals surface area (Å²) in [6.45, 7) is 2.24. The second-order valence-corrected chi connectivity index (χ2v) is 5.57. The highest BCUT2D eigenvalue weighted by atomic mass is 35.5. The molecule has 3 rings (SSSR count). The fraction of sp³-hybridized carbons (Fsp3) is 0.235. The average Bonchev–Trinajstić information content (AvgIpc) is 2.86. The van der Waals surface area contributed by atoms with Gasteiger partial charge in [-0.25, -0.2) is 9.18 Å². The van der Waals surface area contributed by atoms with Crippen molar-refractivity contribution in [1.82, 2.24) is 0 Å². The number of rotatable bonds is 3. The number of carbonyl (C=O) groups is 1. The summed E-state index contributed by atoms with van der Waals surface area (Å²) in [7, 11) is 0. The summed E-state index contributed by atoms with van der Waals surface area (Å²) in [5, 5.41) is 0. The lowest BCUT2D eigenvalue weighted by atomic mass is 10.0. The van der Waals surface area contributed by atoms with Gasteiger partial charge in [0.25, 0.3) is 0 Å². The number of amides is 1. The van der Waals surface area contributed by atoms with Gasteiger partial charge >= 0.3 is 6.09 Å². The molecule has 1 saturated heterocycles. The summed E-state index contributed by atoms with van der Waals surface area (Å²) in [4.78, 5) is 13.1. The highest BCUT2D eigenvalue weighted by Crippen LogP contribution is 2.29. The second-order valence-electron chi connectivity index (χ2n) is 5.30. The summed E-state index contributed by atoms with van der Waals surface area (Å²) in [6, 6.07) is 12.2. The molecule has 114 valence electrons. The Morgan fingerprint density at radius 2 is 2.00 bits per heavy atom. The molecule has 1 amide bonds. The number of alkyl halides is 1. The normalized spacial score (nSPS) is 17.7. The van der Waals surface area contributed by atoms with Gasteiger partial charge in [-0.2, -0.15) is 0 Å². The first-order valence-corrected chi connectivity index (χ1v) is 7.55. The van der Waals surface area contributed by atoms with E-state index in [9.17, 15) is 9.18 Å². The maximum absolute atomic E-state index is 14.4. The van der Waals surface area contributed by atoms with Gasteiger partial charge in [-0.3, -0.25) is 4.90 Å². The number of hydrogen-bond acceptors (Lipinski definition) is 2. The van der Waals surface area contributed by atoms with Gasteiger partial charge in [0.05, 0.1) is 12.2 Å². The molecule has 0 aromatic heterocycles. The molecule has 0 radical (unpaired) electrons. The van der Waals surface area contributed by atoms with Crippen molar-refractivity contribution in [3.8, 4) is 11.1 Å². The molecule has 0 saturated carbocycles. The van der Waals surface area contributed by atoms with Crippen LogP contribution in [-0.2, 0) is 10.6 Å². The Bertz CT molecular complexity index is 702. The van der Waals surface area contributed by atoms with Gasteiger partial charge in [-0.15, -0.1) is 11.6 Å². The van der Waals surface area contributed by atoms with Gasteiger partial charge in [-0.1, -0.05) is 24.3 Å². The molecule has 0 aliphatic carbocycles. The summed E-state index contributed by atoms with van der Waals surface area (Å²) < 4.78 is 19.5. The monoisotopic (exact) mass is 319 g/mol. The van der Waals surface area contributed by atoms with Crippen molar-refractivity contribution in [2.75, 3.05) is 11.4 Å². The molecule has 0 spiro atoms. The minimum atomic E-state index is -0.439. The molecule has 22 heavy (non-hydrogen) atoms. The van der Waals surface area contributed by atoms with E-state index in [1.807, 2.05) is 24.3 Å². The number of benzene rings is 2. The van der Waals surface area contributed by atoms with Gasteiger partial charge in [0.2, 0.25) is 0 Å². The van der Waals surface area contributed by atoms with Crippen LogP contribution in [0.25, 0.3) is 11.1 Å². The number of hydrogen-bond donors (Lipinski definition) is 0. The zero-order chi connectivity index (χ0) is 15.7. The van der Waals surface area contributed by atoms with Crippen molar-refractivity contribution in [2.45, 2.75) is 18.9 Å². The van der Waals surface area contributed by atoms with Crippen LogP contribution in [0, 0.1) is 5.82 Å². The number of ether oxygens (including phenoxy) is 1. The van der Waals surface area contributed by atoms with Gasteiger partial charge in [-0.05, 0) is 36.2 Å². The molecule has 2 aromatic carbocycles. The number of halogens is 2. The topological polar surface area (TPSA) is 29.5 Å². The molecule has 0 N–H and O–H groups in total. The van der Waals surface area contributed by atoms with Crippen LogP contribution in [0.4, 0.5) is 14.9 Å². The summed E-state index contributed by atoms with van der Waals surface area (Å²) in [5.74, 6) is 0.0558. The first kappa shape index (κ1) is 14.9. The van der Waals surface area contributed by atoms with Crippen LogP contribution in [0.1, 0.15) is 12.5 Å². The van der Waals surface area contributed by atoms with E-state index in [0.717, 1.165) is 11.1 Å². The van der Waals surface area contributed by atoms with Gasteiger partial charge in [0, 0.05) is 11.4 Å². The molecule has 5 heteroatoms. The van der Waals surface area contributed by atoms with Crippen molar-refractivity contribution < 1.29 is 13.9 Å². The predicted molar refractivity (Wildman–Crippen MR) is 84.7 cm³/mol. The third-order valence-electron chi connectivity index (χ3n) is 3.65. The van der Waals surface area contributed by atoms with Crippen molar-refractivity contribution in [3.05, 3.63) is 53.8 Å². The van der Waals surface area contributed by atoms with E-state index in [-0.39, 0.29) is 11.9 Å². The largest absolute Gasteiger partial charge is 0.444 e. The maximum atomic E-state index is 14.4. The standard InChI is InChI=1S/C17H15ClFNO2/c1-11-10-20(17(21)22-11)14-6-7-15(16(19)8-14)13-4-2-12(9-18)3-5-13/h2-8,11H,9-10H2,1H3. The van der Waals surface area contributed by atoms with E-state index in [2.05, 4.69) is 0 Å². The molecular formula is C17H15ClFNO2. The van der Waals surface area contributed by atoms with Crippen LogP contribution in [0.5, 0.6) is 0 Å². The van der Waals surface area contributed by atoms with Crippen LogP contribution in [0.3, 0.4) is 0 Å². The Labute approximate surface area is 133 Å².